The summed E-state index contributed by atoms with van der Waals surface area (Å²) in [5.41, 5.74) is 0.504. The molecule has 1 saturated heterocycles. The molecule has 5 heteroatoms. The number of nitrogens with one attached hydrogen (secondary N) is 1. The van der Waals surface area contributed by atoms with Crippen molar-refractivity contribution >= 4 is 6.03 Å². The Bertz CT molecular complexity index is 451. The molecular weight excluding hydrogens is 247 g/mol. The van der Waals surface area contributed by atoms with E-state index in [1.165, 1.54) is 6.07 Å². The van der Waals surface area contributed by atoms with E-state index in [0.717, 1.165) is 0 Å². The lowest BCUT2D eigenvalue weighted by Crippen LogP contribution is -2.48. The van der Waals surface area contributed by atoms with Gasteiger partial charge in [0.05, 0.1) is 13.2 Å². The number of morpholine rings is 1. The molecule has 104 valence electrons. The van der Waals surface area contributed by atoms with Crippen LogP contribution in [0.4, 0.5) is 9.18 Å². The molecule has 0 radical (unpaired) electrons. The van der Waals surface area contributed by atoms with Crippen molar-refractivity contribution in [2.24, 2.45) is 0 Å². The van der Waals surface area contributed by atoms with Gasteiger partial charge in [-0.05, 0) is 19.9 Å². The highest BCUT2D eigenvalue weighted by atomic mass is 19.1. The molecule has 0 aliphatic carbocycles. The molecular formula is C14H19FN2O2. The summed E-state index contributed by atoms with van der Waals surface area (Å²) in [5.74, 6) is -0.293. The topological polar surface area (TPSA) is 41.6 Å². The molecule has 0 spiro atoms. The summed E-state index contributed by atoms with van der Waals surface area (Å²) in [6, 6.07) is 6.48. The average Bonchev–Trinajstić information content (AvgIpc) is 2.38. The molecule has 1 aliphatic heterocycles. The van der Waals surface area contributed by atoms with Crippen molar-refractivity contribution in [3.05, 3.63) is 35.6 Å². The Kier molecular flexibility index (Phi) is 4.37. The van der Waals surface area contributed by atoms with Crippen LogP contribution in [0.2, 0.25) is 0 Å². The largest absolute Gasteiger partial charge is 0.370 e. The first-order valence-corrected chi connectivity index (χ1v) is 6.49. The number of nitrogens with zero attached hydrogens (tertiary/aromatic N) is 1. The summed E-state index contributed by atoms with van der Waals surface area (Å²) in [6.07, 6.45) is -0.395. The number of ether oxygens (including phenoxy) is 1. The minimum absolute atomic E-state index is 0.0854. The van der Waals surface area contributed by atoms with Crippen LogP contribution < -0.4 is 5.32 Å². The molecule has 0 saturated carbocycles. The third-order valence-corrected chi connectivity index (χ3v) is 3.02. The summed E-state index contributed by atoms with van der Waals surface area (Å²) in [7, 11) is 0. The quantitative estimate of drug-likeness (QED) is 0.892. The zero-order valence-electron chi connectivity index (χ0n) is 11.2. The molecule has 1 atom stereocenters. The van der Waals surface area contributed by atoms with E-state index in [1.807, 2.05) is 13.8 Å². The highest BCUT2D eigenvalue weighted by Crippen LogP contribution is 2.24. The highest BCUT2D eigenvalue weighted by molar-refractivity contribution is 5.74. The lowest BCUT2D eigenvalue weighted by Gasteiger charge is -2.33. The second kappa shape index (κ2) is 6.02. The maximum absolute atomic E-state index is 13.7. The molecule has 1 unspecified atom stereocenters. The monoisotopic (exact) mass is 266 g/mol. The van der Waals surface area contributed by atoms with Crippen LogP contribution in [0.15, 0.2) is 24.3 Å². The first kappa shape index (κ1) is 13.8. The van der Waals surface area contributed by atoms with Gasteiger partial charge in [0.2, 0.25) is 0 Å². The first-order chi connectivity index (χ1) is 9.08. The molecule has 0 aromatic heterocycles. The number of hydrogen-bond acceptors (Lipinski definition) is 2. The van der Waals surface area contributed by atoms with Crippen LogP contribution in [0.3, 0.4) is 0 Å². The van der Waals surface area contributed by atoms with Crippen LogP contribution in [0, 0.1) is 5.82 Å². The number of rotatable bonds is 2. The van der Waals surface area contributed by atoms with Crippen molar-refractivity contribution in [3.8, 4) is 0 Å². The van der Waals surface area contributed by atoms with Crippen molar-refractivity contribution in [2.45, 2.75) is 26.0 Å². The highest BCUT2D eigenvalue weighted by Gasteiger charge is 2.27. The van der Waals surface area contributed by atoms with E-state index >= 15 is 0 Å². The third-order valence-electron chi connectivity index (χ3n) is 3.02. The van der Waals surface area contributed by atoms with Crippen molar-refractivity contribution in [2.75, 3.05) is 19.7 Å². The second-order valence-corrected chi connectivity index (χ2v) is 4.93. The van der Waals surface area contributed by atoms with Crippen LogP contribution in [-0.2, 0) is 4.74 Å². The molecule has 0 bridgehead atoms. The Balaban J connectivity index is 2.05. The maximum Gasteiger partial charge on any atom is 0.317 e. The van der Waals surface area contributed by atoms with Crippen LogP contribution in [0.5, 0.6) is 0 Å². The summed E-state index contributed by atoms with van der Waals surface area (Å²) in [5, 5.41) is 2.84. The predicted octanol–water partition coefficient (Wildman–Crippen LogP) is 2.32. The van der Waals surface area contributed by atoms with Gasteiger partial charge < -0.3 is 15.0 Å². The fraction of sp³-hybridized carbons (Fsp3) is 0.500. The zero-order valence-corrected chi connectivity index (χ0v) is 11.2. The van der Waals surface area contributed by atoms with Crippen LogP contribution in [0.25, 0.3) is 0 Å². The van der Waals surface area contributed by atoms with Gasteiger partial charge in [-0.25, -0.2) is 9.18 Å². The average molecular weight is 266 g/mol. The molecule has 1 aliphatic rings. The van der Waals surface area contributed by atoms with Gasteiger partial charge in [0, 0.05) is 18.2 Å². The first-order valence-electron chi connectivity index (χ1n) is 6.49. The fourth-order valence-electron chi connectivity index (χ4n) is 2.10. The van der Waals surface area contributed by atoms with E-state index in [4.69, 9.17) is 4.74 Å². The fourth-order valence-corrected chi connectivity index (χ4v) is 2.10. The van der Waals surface area contributed by atoms with Crippen molar-refractivity contribution in [1.29, 1.82) is 0 Å². The summed E-state index contributed by atoms with van der Waals surface area (Å²) >= 11 is 0. The van der Waals surface area contributed by atoms with Gasteiger partial charge in [-0.2, -0.15) is 0 Å². The van der Waals surface area contributed by atoms with E-state index in [2.05, 4.69) is 5.32 Å². The van der Waals surface area contributed by atoms with E-state index in [-0.39, 0.29) is 17.9 Å². The van der Waals surface area contributed by atoms with Crippen molar-refractivity contribution < 1.29 is 13.9 Å². The molecule has 1 aromatic rings. The van der Waals surface area contributed by atoms with Crippen LogP contribution >= 0.6 is 0 Å². The van der Waals surface area contributed by atoms with E-state index in [9.17, 15) is 9.18 Å². The number of urea groups is 1. The zero-order chi connectivity index (χ0) is 13.8. The number of carbonyl (C=O) groups is 1. The van der Waals surface area contributed by atoms with Crippen LogP contribution in [0.1, 0.15) is 25.5 Å². The Morgan fingerprint density at radius 2 is 2.21 bits per heavy atom. The molecule has 2 amide bonds. The van der Waals surface area contributed by atoms with Gasteiger partial charge in [-0.3, -0.25) is 0 Å². The van der Waals surface area contributed by atoms with Gasteiger partial charge in [-0.1, -0.05) is 18.2 Å². The minimum atomic E-state index is -0.395. The molecule has 1 heterocycles. The van der Waals surface area contributed by atoms with Gasteiger partial charge in [0.25, 0.3) is 0 Å². The van der Waals surface area contributed by atoms with Crippen LogP contribution in [-0.4, -0.2) is 36.7 Å². The Morgan fingerprint density at radius 1 is 1.47 bits per heavy atom. The maximum atomic E-state index is 13.7. The Hall–Kier alpha value is -1.62. The lowest BCUT2D eigenvalue weighted by atomic mass is 10.1. The van der Waals surface area contributed by atoms with E-state index in [0.29, 0.717) is 25.3 Å². The standard InChI is InChI=1S/C14H19FN2O2/c1-10(2)16-14(18)17-7-8-19-13(9-17)11-5-3-4-6-12(11)15/h3-6,10,13H,7-9H2,1-2H3,(H,16,18). The molecule has 4 nitrogen and oxygen atoms in total. The molecule has 1 N–H and O–H groups in total. The smallest absolute Gasteiger partial charge is 0.317 e. The Morgan fingerprint density at radius 3 is 2.89 bits per heavy atom. The normalized spacial score (nSPS) is 19.6. The van der Waals surface area contributed by atoms with Gasteiger partial charge >= 0.3 is 6.03 Å². The summed E-state index contributed by atoms with van der Waals surface area (Å²) in [6.45, 7) is 5.15. The summed E-state index contributed by atoms with van der Waals surface area (Å²) in [4.78, 5) is 13.6. The number of benzene rings is 1. The van der Waals surface area contributed by atoms with E-state index in [1.54, 1.807) is 23.1 Å². The summed E-state index contributed by atoms with van der Waals surface area (Å²) < 4.78 is 19.3. The Labute approximate surface area is 112 Å². The predicted molar refractivity (Wildman–Crippen MR) is 70.3 cm³/mol. The van der Waals surface area contributed by atoms with Crippen molar-refractivity contribution in [3.63, 3.8) is 0 Å². The number of amides is 2. The molecule has 1 fully saturated rings. The SMILES string of the molecule is CC(C)NC(=O)N1CCOC(c2ccccc2F)C1. The number of carbonyl (C=O) groups excluding carboxylic acids is 1. The van der Waals surface area contributed by atoms with Gasteiger partial charge in [-0.15, -0.1) is 0 Å². The second-order valence-electron chi connectivity index (χ2n) is 4.93. The number of hydrogen-bond donors (Lipinski definition) is 1. The third kappa shape index (κ3) is 3.44. The van der Waals surface area contributed by atoms with Crippen molar-refractivity contribution in [1.82, 2.24) is 10.2 Å². The minimum Gasteiger partial charge on any atom is -0.370 e. The molecule has 1 aromatic carbocycles. The van der Waals surface area contributed by atoms with Gasteiger partial charge in [0.1, 0.15) is 11.9 Å². The molecule has 19 heavy (non-hydrogen) atoms. The molecule has 2 rings (SSSR count). The number of halogens is 1. The lowest BCUT2D eigenvalue weighted by molar-refractivity contribution is -0.0173. The van der Waals surface area contributed by atoms with Gasteiger partial charge in [0.15, 0.2) is 0 Å². The van der Waals surface area contributed by atoms with E-state index < -0.39 is 6.10 Å².